The van der Waals surface area contributed by atoms with E-state index in [-0.39, 0.29) is 34.7 Å². The number of aliphatic hydroxyl groups is 3. The van der Waals surface area contributed by atoms with Gasteiger partial charge in [0.1, 0.15) is 49.1 Å². The fourth-order valence-electron chi connectivity index (χ4n) is 6.84. The third-order valence-corrected chi connectivity index (χ3v) is 11.8. The Morgan fingerprint density at radius 1 is 0.800 bits per heavy atom. The molecule has 4 aromatic heterocycles. The third-order valence-electron chi connectivity index (χ3n) is 9.84. The van der Waals surface area contributed by atoms with Gasteiger partial charge in [0.2, 0.25) is 5.95 Å². The van der Waals surface area contributed by atoms with Gasteiger partial charge in [-0.25, -0.2) is 23.7 Å². The van der Waals surface area contributed by atoms with Gasteiger partial charge in [0.15, 0.2) is 17.4 Å². The lowest BCUT2D eigenvalue weighted by Crippen LogP contribution is -2.36. The zero-order chi connectivity index (χ0) is 43.4. The predicted molar refractivity (Wildman–Crippen MR) is 196 cm³/mol. The number of phosphoric ester groups is 2. The number of imidazole rings is 1. The number of hydrogen-bond donors (Lipinski definition) is 9. The van der Waals surface area contributed by atoms with Crippen molar-refractivity contribution in [2.24, 2.45) is 0 Å². The topological polar surface area (TPSA) is 399 Å². The number of rotatable bonds is 14. The van der Waals surface area contributed by atoms with Crippen molar-refractivity contribution >= 4 is 32.8 Å². The number of nitrogen functional groups attached to an aromatic ring is 1. The van der Waals surface area contributed by atoms with Crippen LogP contribution in [0.15, 0.2) is 42.7 Å². The molecule has 0 aliphatic carbocycles. The summed E-state index contributed by atoms with van der Waals surface area (Å²) in [6.07, 6.45) is -11.7. The highest BCUT2D eigenvalue weighted by molar-refractivity contribution is 7.47. The Hall–Kier alpha value is -4.51. The number of anilines is 1. The first-order chi connectivity index (χ1) is 28.2. The van der Waals surface area contributed by atoms with Crippen LogP contribution in [0.4, 0.5) is 5.95 Å². The van der Waals surface area contributed by atoms with E-state index in [1.54, 1.807) is 0 Å². The van der Waals surface area contributed by atoms with Crippen molar-refractivity contribution in [3.8, 4) is 0 Å². The lowest BCUT2D eigenvalue weighted by molar-refractivity contribution is -0.0616. The van der Waals surface area contributed by atoms with Crippen molar-refractivity contribution in [1.82, 2.24) is 38.6 Å². The van der Waals surface area contributed by atoms with Gasteiger partial charge >= 0.3 is 27.0 Å². The minimum Gasteiger partial charge on any atom is -0.394 e. The molecule has 0 amide bonds. The van der Waals surface area contributed by atoms with Crippen molar-refractivity contribution in [2.75, 3.05) is 25.6 Å². The second-order valence-electron chi connectivity index (χ2n) is 14.0. The molecule has 0 aromatic carbocycles. The van der Waals surface area contributed by atoms with Crippen LogP contribution in [0.3, 0.4) is 0 Å². The summed E-state index contributed by atoms with van der Waals surface area (Å²) < 4.78 is 67.8. The lowest BCUT2D eigenvalue weighted by atomic mass is 10.1. The third kappa shape index (κ3) is 8.93. The number of nitrogens with zero attached hydrogens (tertiary/aromatic N) is 5. The zero-order valence-electron chi connectivity index (χ0n) is 31.2. The lowest BCUT2D eigenvalue weighted by Gasteiger charge is -2.25. The van der Waals surface area contributed by atoms with E-state index in [1.165, 1.54) is 20.0 Å². The van der Waals surface area contributed by atoms with Gasteiger partial charge < -0.3 is 45.1 Å². The van der Waals surface area contributed by atoms with Crippen LogP contribution < -0.4 is 33.8 Å². The molecule has 3 fully saturated rings. The average Bonchev–Trinajstić information content (AvgIpc) is 3.94. The molecule has 7 heterocycles. The summed E-state index contributed by atoms with van der Waals surface area (Å²) in [4.78, 5) is 97.0. The smallest absolute Gasteiger partial charge is 0.394 e. The molecule has 3 aliphatic rings. The number of fused-ring (bicyclic) bond motifs is 1. The molecule has 3 aliphatic heterocycles. The van der Waals surface area contributed by atoms with E-state index in [1.807, 2.05) is 0 Å². The molecule has 30 heteroatoms. The maximum atomic E-state index is 13.3. The largest absolute Gasteiger partial charge is 0.472 e. The number of H-pyrrole nitrogens is 3. The summed E-state index contributed by atoms with van der Waals surface area (Å²) in [5.74, 6) is -0.294. The van der Waals surface area contributed by atoms with E-state index >= 15 is 0 Å². The Bertz CT molecular complexity index is 2660. The molecule has 28 nitrogen and oxygen atoms in total. The summed E-state index contributed by atoms with van der Waals surface area (Å²) in [6, 6.07) is 0. The van der Waals surface area contributed by atoms with Crippen molar-refractivity contribution in [3.05, 3.63) is 81.9 Å². The number of aromatic nitrogens is 8. The van der Waals surface area contributed by atoms with Gasteiger partial charge in [-0.05, 0) is 13.8 Å². The van der Waals surface area contributed by atoms with E-state index in [0.717, 1.165) is 26.2 Å². The van der Waals surface area contributed by atoms with Crippen molar-refractivity contribution in [3.63, 3.8) is 0 Å². The maximum Gasteiger partial charge on any atom is 0.472 e. The van der Waals surface area contributed by atoms with E-state index in [4.69, 9.17) is 38.0 Å². The molecule has 0 bridgehead atoms. The van der Waals surface area contributed by atoms with Gasteiger partial charge in [0.25, 0.3) is 16.7 Å². The number of ether oxygens (including phenoxy) is 3. The summed E-state index contributed by atoms with van der Waals surface area (Å²) in [7, 11) is -10.4. The molecule has 4 aromatic rings. The van der Waals surface area contributed by atoms with Crippen LogP contribution in [0.5, 0.6) is 0 Å². The highest BCUT2D eigenvalue weighted by atomic mass is 31.2. The molecule has 10 N–H and O–H groups in total. The van der Waals surface area contributed by atoms with Gasteiger partial charge in [-0.15, -0.1) is 0 Å². The van der Waals surface area contributed by atoms with E-state index in [2.05, 4.69) is 24.9 Å². The second-order valence-corrected chi connectivity index (χ2v) is 16.8. The molecular weight excluding hydrogens is 852 g/mol. The van der Waals surface area contributed by atoms with Crippen molar-refractivity contribution < 1.29 is 66.5 Å². The van der Waals surface area contributed by atoms with Gasteiger partial charge in [0.05, 0.1) is 32.3 Å². The Morgan fingerprint density at radius 2 is 1.37 bits per heavy atom. The van der Waals surface area contributed by atoms with Crippen LogP contribution in [0.1, 0.15) is 42.7 Å². The number of nitrogens with two attached hydrogens (primary N) is 1. The molecular formula is C30H39N9O19P2. The van der Waals surface area contributed by atoms with Crippen LogP contribution in [0.25, 0.3) is 11.2 Å². The molecule has 3 saturated heterocycles. The van der Waals surface area contributed by atoms with E-state index < -0.39 is 131 Å². The summed E-state index contributed by atoms with van der Waals surface area (Å²) in [6.45, 7) is 0.281. The first-order valence-electron chi connectivity index (χ1n) is 17.9. The maximum absolute atomic E-state index is 13.3. The predicted octanol–water partition coefficient (Wildman–Crippen LogP) is -3.39. The minimum atomic E-state index is -5.29. The molecule has 12 atom stereocenters. The number of hydrogen-bond acceptors (Lipinski definition) is 20. The van der Waals surface area contributed by atoms with Crippen molar-refractivity contribution in [2.45, 2.75) is 88.1 Å². The minimum absolute atomic E-state index is 0.0799. The molecule has 60 heavy (non-hydrogen) atoms. The van der Waals surface area contributed by atoms with E-state index in [9.17, 15) is 58.2 Å². The first-order valence-corrected chi connectivity index (χ1v) is 20.8. The van der Waals surface area contributed by atoms with E-state index in [0.29, 0.717) is 0 Å². The highest BCUT2D eigenvalue weighted by Crippen LogP contribution is 2.52. The Morgan fingerprint density at radius 3 is 1.98 bits per heavy atom. The zero-order valence-corrected chi connectivity index (χ0v) is 33.0. The monoisotopic (exact) mass is 891 g/mol. The molecule has 0 saturated carbocycles. The number of phosphoric acid groups is 2. The quantitative estimate of drug-likeness (QED) is 0.0557. The molecule has 0 spiro atoms. The summed E-state index contributed by atoms with van der Waals surface area (Å²) in [5.41, 5.74) is 1.78. The fourth-order valence-corrected chi connectivity index (χ4v) is 8.77. The Balaban J connectivity index is 1.04. The van der Waals surface area contributed by atoms with Crippen molar-refractivity contribution in [1.29, 1.82) is 0 Å². The highest BCUT2D eigenvalue weighted by Gasteiger charge is 2.50. The molecule has 2 unspecified atom stereocenters. The number of aryl methyl sites for hydroxylation is 2. The second kappa shape index (κ2) is 16.7. The van der Waals surface area contributed by atoms with Gasteiger partial charge in [-0.1, -0.05) is 0 Å². The normalized spacial score (nSPS) is 30.2. The molecule has 7 rings (SSSR count). The molecule has 328 valence electrons. The molecule has 0 radical (unpaired) electrons. The summed E-state index contributed by atoms with van der Waals surface area (Å²) in [5, 5.41) is 31.7. The van der Waals surface area contributed by atoms with Crippen LogP contribution in [0, 0.1) is 13.8 Å². The first kappa shape index (κ1) is 43.6. The summed E-state index contributed by atoms with van der Waals surface area (Å²) >= 11 is 0. The average molecular weight is 892 g/mol. The van der Waals surface area contributed by atoms with Crippen LogP contribution in [0.2, 0.25) is 0 Å². The Labute approximate surface area is 333 Å². The number of aliphatic hydroxyl groups excluding tert-OH is 3. The van der Waals surface area contributed by atoms with Crippen LogP contribution >= 0.6 is 15.6 Å². The van der Waals surface area contributed by atoms with Crippen LogP contribution in [-0.4, -0.2) is 126 Å². The Kier molecular flexibility index (Phi) is 12.2. The SMILES string of the molecule is Cc1cn([C@H]2C[C@H](OP(=O)(O)OC[C@H]3O[C@@H](n4cc(C)c(=O)[nH]c4=O)C[C@@H]3O)[C@@H](COP(=O)(O)O[C@H]3[C@@H](O)[C@H](n4cnc5c(=O)[nH]c(N)nc54)O[C@@H]3CO)O2)c(=O)[nH]c1=O. The standard InChI is InChI=1S/C30H39N9O19P2/c1-11-5-37(29(46)35-24(11)43)18-3-13(41)16(54-18)8-52-59(48,49)57-14-4-19(38-6-12(2)25(44)36-30(38)47)55-17(14)9-53-60(50,51)58-22-15(7-40)56-27(21(22)42)39-10-32-20-23(39)33-28(31)34-26(20)45/h5-6,10,13-19,21-22,27,40-42H,3-4,7-9H2,1-2H3,(H,48,49)(H,50,51)(H,35,43,46)(H,36,44,47)(H3,31,33,34,45)/t13-,14-,15+,16+,17+,18+,19+,21+,22+,27+/m0/s1. The van der Waals surface area contributed by atoms with Gasteiger partial charge in [-0.2, -0.15) is 4.98 Å². The van der Waals surface area contributed by atoms with Gasteiger partial charge in [0, 0.05) is 36.4 Å². The number of aromatic amines is 3. The number of nitrogens with one attached hydrogen (secondary N) is 3. The van der Waals surface area contributed by atoms with Gasteiger partial charge in [-0.3, -0.25) is 61.1 Å². The fraction of sp³-hybridized carbons (Fsp3) is 0.567. The van der Waals surface area contributed by atoms with Crippen LogP contribution in [-0.2, 0) is 41.4 Å².